The first-order chi connectivity index (χ1) is 9.36. The number of benzene rings is 1. The van der Waals surface area contributed by atoms with E-state index < -0.39 is 10.0 Å². The van der Waals surface area contributed by atoms with Crippen LogP contribution in [0.25, 0.3) is 0 Å². The first kappa shape index (κ1) is 15.8. The highest BCUT2D eigenvalue weighted by atomic mass is 79.9. The van der Waals surface area contributed by atoms with Crippen LogP contribution >= 0.6 is 15.9 Å². The minimum atomic E-state index is -3.06. The van der Waals surface area contributed by atoms with Gasteiger partial charge >= 0.3 is 0 Å². The number of nitrogens with zero attached hydrogens (tertiary/aromatic N) is 1. The second-order valence-corrected chi connectivity index (χ2v) is 8.37. The van der Waals surface area contributed by atoms with Crippen molar-refractivity contribution >= 4 is 31.6 Å². The Kier molecular flexibility index (Phi) is 5.09. The molecule has 0 aliphatic carbocycles. The number of anilines is 1. The molecule has 0 aromatic heterocycles. The Morgan fingerprint density at radius 1 is 1.45 bits per heavy atom. The van der Waals surface area contributed by atoms with Crippen LogP contribution in [-0.2, 0) is 10.0 Å². The van der Waals surface area contributed by atoms with Gasteiger partial charge in [-0.15, -0.1) is 0 Å². The highest BCUT2D eigenvalue weighted by molar-refractivity contribution is 9.10. The minimum absolute atomic E-state index is 0.372. The molecule has 0 spiro atoms. The fraction of sp³-hybridized carbons (Fsp3) is 0.571. The predicted molar refractivity (Wildman–Crippen MR) is 86.5 cm³/mol. The van der Waals surface area contributed by atoms with Crippen molar-refractivity contribution in [1.82, 2.24) is 4.31 Å². The third-order valence-electron chi connectivity index (χ3n) is 3.73. The Morgan fingerprint density at radius 2 is 2.20 bits per heavy atom. The molecule has 1 N–H and O–H groups in total. The normalized spacial score (nSPS) is 20.9. The lowest BCUT2D eigenvalue weighted by molar-refractivity contribution is 0.277. The van der Waals surface area contributed by atoms with Gasteiger partial charge in [-0.05, 0) is 43.4 Å². The summed E-state index contributed by atoms with van der Waals surface area (Å²) >= 11 is 3.47. The summed E-state index contributed by atoms with van der Waals surface area (Å²) in [6.45, 7) is 4.16. The Bertz CT molecular complexity index is 575. The summed E-state index contributed by atoms with van der Waals surface area (Å²) in [5, 5.41) is 3.44. The maximum absolute atomic E-state index is 11.6. The molecule has 0 amide bonds. The van der Waals surface area contributed by atoms with Gasteiger partial charge in [0.2, 0.25) is 10.0 Å². The smallest absolute Gasteiger partial charge is 0.211 e. The SMILES string of the molecule is Cc1ccc(Br)cc1NCC1CCCN(S(C)(=O)=O)C1. The molecule has 1 fully saturated rings. The van der Waals surface area contributed by atoms with Gasteiger partial charge in [-0.3, -0.25) is 0 Å². The molecule has 1 heterocycles. The van der Waals surface area contributed by atoms with E-state index in [1.165, 1.54) is 11.8 Å². The first-order valence-corrected chi connectivity index (χ1v) is 9.45. The van der Waals surface area contributed by atoms with Gasteiger partial charge in [-0.1, -0.05) is 22.0 Å². The standard InChI is InChI=1S/C14H21BrN2O2S/c1-11-5-6-13(15)8-14(11)16-9-12-4-3-7-17(10-12)20(2,18)19/h5-6,8,12,16H,3-4,7,9-10H2,1-2H3. The van der Waals surface area contributed by atoms with E-state index in [0.717, 1.165) is 29.5 Å². The first-order valence-electron chi connectivity index (χ1n) is 6.81. The van der Waals surface area contributed by atoms with Crippen molar-refractivity contribution in [3.63, 3.8) is 0 Å². The Labute approximate surface area is 129 Å². The molecule has 1 aromatic rings. The van der Waals surface area contributed by atoms with Gasteiger partial charge in [0.05, 0.1) is 6.26 Å². The molecular weight excluding hydrogens is 340 g/mol. The highest BCUT2D eigenvalue weighted by Gasteiger charge is 2.25. The number of halogens is 1. The van der Waals surface area contributed by atoms with Crippen molar-refractivity contribution < 1.29 is 8.42 Å². The quantitative estimate of drug-likeness (QED) is 0.897. The van der Waals surface area contributed by atoms with Crippen LogP contribution < -0.4 is 5.32 Å². The van der Waals surface area contributed by atoms with Gasteiger partial charge in [0.25, 0.3) is 0 Å². The molecule has 0 saturated carbocycles. The van der Waals surface area contributed by atoms with Crippen LogP contribution in [0.3, 0.4) is 0 Å². The summed E-state index contributed by atoms with van der Waals surface area (Å²) in [6, 6.07) is 6.15. The Hall–Kier alpha value is -0.590. The molecule has 1 saturated heterocycles. The van der Waals surface area contributed by atoms with Gasteiger partial charge in [0.1, 0.15) is 0 Å². The largest absolute Gasteiger partial charge is 0.384 e. The molecule has 1 unspecified atom stereocenters. The molecule has 112 valence electrons. The molecule has 0 radical (unpaired) electrons. The second-order valence-electron chi connectivity index (χ2n) is 5.47. The fourth-order valence-electron chi connectivity index (χ4n) is 2.53. The van der Waals surface area contributed by atoms with E-state index in [1.54, 1.807) is 4.31 Å². The van der Waals surface area contributed by atoms with E-state index >= 15 is 0 Å². The predicted octanol–water partition coefficient (Wildman–Crippen LogP) is 2.84. The van der Waals surface area contributed by atoms with Crippen molar-refractivity contribution in [2.45, 2.75) is 19.8 Å². The number of sulfonamides is 1. The molecule has 4 nitrogen and oxygen atoms in total. The maximum Gasteiger partial charge on any atom is 0.211 e. The average molecular weight is 361 g/mol. The van der Waals surface area contributed by atoms with E-state index in [0.29, 0.717) is 19.0 Å². The second kappa shape index (κ2) is 6.45. The van der Waals surface area contributed by atoms with Crippen LogP contribution in [0, 0.1) is 12.8 Å². The minimum Gasteiger partial charge on any atom is -0.384 e. The van der Waals surface area contributed by atoms with Crippen molar-refractivity contribution in [2.75, 3.05) is 31.2 Å². The van der Waals surface area contributed by atoms with E-state index in [1.807, 2.05) is 6.07 Å². The zero-order valence-corrected chi connectivity index (χ0v) is 14.3. The number of hydrogen-bond donors (Lipinski definition) is 1. The number of piperidine rings is 1. The lowest BCUT2D eigenvalue weighted by Gasteiger charge is -2.31. The molecule has 0 bridgehead atoms. The summed E-state index contributed by atoms with van der Waals surface area (Å²) in [5.74, 6) is 0.372. The van der Waals surface area contributed by atoms with E-state index in [-0.39, 0.29) is 0 Å². The van der Waals surface area contributed by atoms with E-state index in [4.69, 9.17) is 0 Å². The van der Waals surface area contributed by atoms with Crippen LogP contribution in [0.15, 0.2) is 22.7 Å². The van der Waals surface area contributed by atoms with Crippen LogP contribution in [0.1, 0.15) is 18.4 Å². The van der Waals surface area contributed by atoms with Crippen molar-refractivity contribution in [3.8, 4) is 0 Å². The summed E-state index contributed by atoms with van der Waals surface area (Å²) < 4.78 is 25.9. The summed E-state index contributed by atoms with van der Waals surface area (Å²) in [6.07, 6.45) is 3.31. The Balaban J connectivity index is 1.95. The lowest BCUT2D eigenvalue weighted by atomic mass is 9.99. The third-order valence-corrected chi connectivity index (χ3v) is 5.49. The molecule has 1 aliphatic heterocycles. The van der Waals surface area contributed by atoms with E-state index in [9.17, 15) is 8.42 Å². The van der Waals surface area contributed by atoms with Gasteiger partial charge in [0.15, 0.2) is 0 Å². The number of hydrogen-bond acceptors (Lipinski definition) is 3. The lowest BCUT2D eigenvalue weighted by Crippen LogP contribution is -2.41. The summed E-state index contributed by atoms with van der Waals surface area (Å²) in [4.78, 5) is 0. The molecule has 1 atom stereocenters. The molecule has 1 aromatic carbocycles. The van der Waals surface area contributed by atoms with Crippen LogP contribution in [0.4, 0.5) is 5.69 Å². The Morgan fingerprint density at radius 3 is 2.90 bits per heavy atom. The van der Waals surface area contributed by atoms with Crippen molar-refractivity contribution in [1.29, 1.82) is 0 Å². The van der Waals surface area contributed by atoms with Crippen molar-refractivity contribution in [2.24, 2.45) is 5.92 Å². The molecule has 2 rings (SSSR count). The number of rotatable bonds is 4. The van der Waals surface area contributed by atoms with Crippen molar-refractivity contribution in [3.05, 3.63) is 28.2 Å². The van der Waals surface area contributed by atoms with Crippen LogP contribution in [0.2, 0.25) is 0 Å². The maximum atomic E-state index is 11.6. The topological polar surface area (TPSA) is 49.4 Å². The monoisotopic (exact) mass is 360 g/mol. The fourth-order valence-corrected chi connectivity index (χ4v) is 3.84. The zero-order chi connectivity index (χ0) is 14.8. The highest BCUT2D eigenvalue weighted by Crippen LogP contribution is 2.23. The molecule has 1 aliphatic rings. The third kappa shape index (κ3) is 4.20. The van der Waals surface area contributed by atoms with Crippen LogP contribution in [-0.4, -0.2) is 38.6 Å². The molecule has 20 heavy (non-hydrogen) atoms. The molecular formula is C14H21BrN2O2S. The summed E-state index contributed by atoms with van der Waals surface area (Å²) in [5.41, 5.74) is 2.31. The van der Waals surface area contributed by atoms with Gasteiger partial charge in [-0.25, -0.2) is 12.7 Å². The molecule has 6 heteroatoms. The average Bonchev–Trinajstić information content (AvgIpc) is 2.39. The summed E-state index contributed by atoms with van der Waals surface area (Å²) in [7, 11) is -3.06. The number of nitrogens with one attached hydrogen (secondary N) is 1. The van der Waals surface area contributed by atoms with E-state index in [2.05, 4.69) is 40.3 Å². The van der Waals surface area contributed by atoms with Gasteiger partial charge in [-0.2, -0.15) is 0 Å². The zero-order valence-electron chi connectivity index (χ0n) is 11.9. The van der Waals surface area contributed by atoms with Gasteiger partial charge < -0.3 is 5.32 Å². The van der Waals surface area contributed by atoms with Crippen LogP contribution in [0.5, 0.6) is 0 Å². The number of aryl methyl sites for hydroxylation is 1. The van der Waals surface area contributed by atoms with Gasteiger partial charge in [0, 0.05) is 29.8 Å².